The Labute approximate surface area is 151 Å². The first-order valence-corrected chi connectivity index (χ1v) is 8.72. The predicted molar refractivity (Wildman–Crippen MR) is 96.9 cm³/mol. The van der Waals surface area contributed by atoms with Crippen molar-refractivity contribution >= 4 is 44.3 Å². The summed E-state index contributed by atoms with van der Waals surface area (Å²) in [5.41, 5.74) is 1.08. The average Bonchev–Trinajstić information content (AvgIpc) is 2.56. The smallest absolute Gasteiger partial charge is 0.404 e. The SMILES string of the molecule is O=C(O)N[C@H]1CC[C@H](Nc2c([N+](=O)[O-])cnc3ccc(Br)cc23)CC1. The summed E-state index contributed by atoms with van der Waals surface area (Å²) in [4.78, 5) is 25.9. The maximum absolute atomic E-state index is 11.4. The van der Waals surface area contributed by atoms with Crippen LogP contribution in [0.15, 0.2) is 28.9 Å². The van der Waals surface area contributed by atoms with Crippen LogP contribution < -0.4 is 10.6 Å². The number of nitrogens with one attached hydrogen (secondary N) is 2. The van der Waals surface area contributed by atoms with Gasteiger partial charge in [0.05, 0.1) is 10.4 Å². The zero-order chi connectivity index (χ0) is 18.0. The van der Waals surface area contributed by atoms with Crippen molar-refractivity contribution < 1.29 is 14.8 Å². The van der Waals surface area contributed by atoms with E-state index < -0.39 is 11.0 Å². The van der Waals surface area contributed by atoms with Gasteiger partial charge in [0.1, 0.15) is 11.9 Å². The zero-order valence-electron chi connectivity index (χ0n) is 13.2. The summed E-state index contributed by atoms with van der Waals surface area (Å²) in [7, 11) is 0. The predicted octanol–water partition coefficient (Wildman–Crippen LogP) is 3.90. The van der Waals surface area contributed by atoms with Crippen LogP contribution in [0.3, 0.4) is 0 Å². The second-order valence-electron chi connectivity index (χ2n) is 6.08. The molecule has 0 atom stereocenters. The number of aromatic nitrogens is 1. The van der Waals surface area contributed by atoms with E-state index in [1.165, 1.54) is 6.20 Å². The van der Waals surface area contributed by atoms with Crippen molar-refractivity contribution in [3.05, 3.63) is 39.0 Å². The second kappa shape index (κ2) is 7.22. The molecule has 1 heterocycles. The van der Waals surface area contributed by atoms with E-state index in [4.69, 9.17) is 5.11 Å². The van der Waals surface area contributed by atoms with Crippen LogP contribution in [0.2, 0.25) is 0 Å². The van der Waals surface area contributed by atoms with Crippen LogP contribution in [0.25, 0.3) is 10.9 Å². The summed E-state index contributed by atoms with van der Waals surface area (Å²) >= 11 is 3.39. The van der Waals surface area contributed by atoms with Gasteiger partial charge in [-0.2, -0.15) is 0 Å². The minimum absolute atomic E-state index is 0.0510. The number of carbonyl (C=O) groups is 1. The third-order valence-electron chi connectivity index (χ3n) is 4.41. The number of anilines is 1. The standard InChI is InChI=1S/C16H17BrN4O4/c17-9-1-6-13-12(7-9)15(14(8-18-13)21(24)25)19-10-2-4-11(5-3-10)20-16(22)23/h1,6-8,10-11,20H,2-5H2,(H,18,19)(H,22,23)/t10-,11-. The molecule has 2 aromatic rings. The molecular formula is C16H17BrN4O4. The molecule has 0 radical (unpaired) electrons. The zero-order valence-corrected chi connectivity index (χ0v) is 14.8. The molecule has 3 rings (SSSR count). The van der Waals surface area contributed by atoms with Gasteiger partial charge in [0.2, 0.25) is 0 Å². The summed E-state index contributed by atoms with van der Waals surface area (Å²) < 4.78 is 0.819. The number of rotatable bonds is 4. The van der Waals surface area contributed by atoms with Gasteiger partial charge in [-0.15, -0.1) is 0 Å². The van der Waals surface area contributed by atoms with Gasteiger partial charge >= 0.3 is 11.8 Å². The molecule has 25 heavy (non-hydrogen) atoms. The van der Waals surface area contributed by atoms with E-state index >= 15 is 0 Å². The lowest BCUT2D eigenvalue weighted by Crippen LogP contribution is -2.39. The molecule has 0 unspecified atom stereocenters. The molecule has 0 spiro atoms. The highest BCUT2D eigenvalue weighted by Crippen LogP contribution is 2.35. The van der Waals surface area contributed by atoms with Crippen LogP contribution in [-0.4, -0.2) is 33.2 Å². The van der Waals surface area contributed by atoms with Gasteiger partial charge in [-0.25, -0.2) is 9.78 Å². The van der Waals surface area contributed by atoms with Crippen LogP contribution in [0.1, 0.15) is 25.7 Å². The van der Waals surface area contributed by atoms with Gasteiger partial charge in [-0.3, -0.25) is 10.1 Å². The van der Waals surface area contributed by atoms with Crippen LogP contribution >= 0.6 is 15.9 Å². The molecule has 0 bridgehead atoms. The van der Waals surface area contributed by atoms with Gasteiger partial charge in [0.15, 0.2) is 0 Å². The van der Waals surface area contributed by atoms with Crippen LogP contribution in [-0.2, 0) is 0 Å². The summed E-state index contributed by atoms with van der Waals surface area (Å²) in [6.45, 7) is 0. The third kappa shape index (κ3) is 3.98. The molecule has 1 saturated carbocycles. The quantitative estimate of drug-likeness (QED) is 0.521. The normalized spacial score (nSPS) is 20.2. The highest BCUT2D eigenvalue weighted by Gasteiger charge is 2.26. The monoisotopic (exact) mass is 408 g/mol. The Balaban J connectivity index is 1.85. The number of hydrogen-bond acceptors (Lipinski definition) is 5. The molecule has 1 aromatic heterocycles. The second-order valence-corrected chi connectivity index (χ2v) is 7.00. The first kappa shape index (κ1) is 17.4. The van der Waals surface area contributed by atoms with Crippen molar-refractivity contribution in [1.82, 2.24) is 10.3 Å². The van der Waals surface area contributed by atoms with Crippen LogP contribution in [0.5, 0.6) is 0 Å². The van der Waals surface area contributed by atoms with Crippen molar-refractivity contribution in [3.8, 4) is 0 Å². The van der Waals surface area contributed by atoms with Gasteiger partial charge in [0.25, 0.3) is 0 Å². The van der Waals surface area contributed by atoms with Gasteiger partial charge in [-0.1, -0.05) is 15.9 Å². The summed E-state index contributed by atoms with van der Waals surface area (Å²) in [6.07, 6.45) is 3.13. The van der Waals surface area contributed by atoms with E-state index in [1.54, 1.807) is 0 Å². The van der Waals surface area contributed by atoms with Crippen LogP contribution in [0, 0.1) is 10.1 Å². The lowest BCUT2D eigenvalue weighted by Gasteiger charge is -2.29. The highest BCUT2D eigenvalue weighted by atomic mass is 79.9. The van der Waals surface area contributed by atoms with Crippen LogP contribution in [0.4, 0.5) is 16.2 Å². The molecule has 9 heteroatoms. The Morgan fingerprint density at radius 3 is 2.60 bits per heavy atom. The van der Waals surface area contributed by atoms with E-state index in [2.05, 4.69) is 31.5 Å². The van der Waals surface area contributed by atoms with Crippen molar-refractivity contribution in [2.24, 2.45) is 0 Å². The lowest BCUT2D eigenvalue weighted by molar-refractivity contribution is -0.384. The first-order valence-electron chi connectivity index (χ1n) is 7.92. The Morgan fingerprint density at radius 2 is 1.96 bits per heavy atom. The molecule has 1 aromatic carbocycles. The number of amides is 1. The molecule has 1 aliphatic carbocycles. The highest BCUT2D eigenvalue weighted by molar-refractivity contribution is 9.10. The molecule has 3 N–H and O–H groups in total. The number of hydrogen-bond donors (Lipinski definition) is 3. The fourth-order valence-electron chi connectivity index (χ4n) is 3.21. The topological polar surface area (TPSA) is 117 Å². The first-order chi connectivity index (χ1) is 11.9. The largest absolute Gasteiger partial charge is 0.465 e. The summed E-state index contributed by atoms with van der Waals surface area (Å²) in [5.74, 6) is 0. The molecule has 1 aliphatic rings. The average molecular weight is 409 g/mol. The van der Waals surface area contributed by atoms with E-state index in [0.29, 0.717) is 29.4 Å². The molecule has 1 amide bonds. The fraction of sp³-hybridized carbons (Fsp3) is 0.375. The molecule has 0 aliphatic heterocycles. The molecular weight excluding hydrogens is 392 g/mol. The molecule has 1 fully saturated rings. The number of pyridine rings is 1. The summed E-state index contributed by atoms with van der Waals surface area (Å²) in [6, 6.07) is 5.45. The molecule has 8 nitrogen and oxygen atoms in total. The van der Waals surface area contributed by atoms with E-state index in [9.17, 15) is 14.9 Å². The van der Waals surface area contributed by atoms with Gasteiger partial charge < -0.3 is 15.7 Å². The van der Waals surface area contributed by atoms with E-state index in [1.807, 2.05) is 18.2 Å². The maximum Gasteiger partial charge on any atom is 0.404 e. The minimum atomic E-state index is -1.02. The van der Waals surface area contributed by atoms with Crippen molar-refractivity contribution in [2.45, 2.75) is 37.8 Å². The fourth-order valence-corrected chi connectivity index (χ4v) is 3.57. The minimum Gasteiger partial charge on any atom is -0.465 e. The van der Waals surface area contributed by atoms with E-state index in [0.717, 1.165) is 17.3 Å². The van der Waals surface area contributed by atoms with Crippen molar-refractivity contribution in [2.75, 3.05) is 5.32 Å². The lowest BCUT2D eigenvalue weighted by atomic mass is 9.91. The molecule has 132 valence electrons. The van der Waals surface area contributed by atoms with Gasteiger partial charge in [-0.05, 0) is 43.9 Å². The van der Waals surface area contributed by atoms with Crippen molar-refractivity contribution in [3.63, 3.8) is 0 Å². The van der Waals surface area contributed by atoms with Gasteiger partial charge in [0, 0.05) is 21.9 Å². The van der Waals surface area contributed by atoms with E-state index in [-0.39, 0.29) is 17.8 Å². The Hall–Kier alpha value is -2.42. The number of halogens is 1. The van der Waals surface area contributed by atoms with Crippen molar-refractivity contribution in [1.29, 1.82) is 0 Å². The molecule has 0 saturated heterocycles. The number of nitrogens with zero attached hydrogens (tertiary/aromatic N) is 2. The maximum atomic E-state index is 11.4. The number of benzene rings is 1. The third-order valence-corrected chi connectivity index (χ3v) is 4.90. The number of carboxylic acid groups (broad SMARTS) is 1. The Bertz CT molecular complexity index is 821. The Morgan fingerprint density at radius 1 is 1.28 bits per heavy atom. The Kier molecular flexibility index (Phi) is 5.03. The summed E-state index contributed by atoms with van der Waals surface area (Å²) in [5, 5.41) is 26.7. The number of nitro groups is 1. The number of fused-ring (bicyclic) bond motifs is 1.